The van der Waals surface area contributed by atoms with Gasteiger partial charge in [-0.05, 0) is 42.1 Å². The normalized spacial score (nSPS) is 11.8. The molecule has 0 saturated carbocycles. The Hall–Kier alpha value is -2.15. The molecular formula is C18H17ClN2O3S. The second-order valence-electron chi connectivity index (χ2n) is 5.89. The third kappa shape index (κ3) is 4.28. The number of H-pyrrole nitrogens is 1. The number of aryl methyl sites for hydroxylation is 1. The van der Waals surface area contributed by atoms with Crippen LogP contribution < -0.4 is 10.3 Å². The molecule has 3 rings (SSSR count). The highest BCUT2D eigenvalue weighted by Gasteiger charge is 2.14. The van der Waals surface area contributed by atoms with Crippen LogP contribution >= 0.6 is 11.6 Å². The summed E-state index contributed by atoms with van der Waals surface area (Å²) in [6.07, 6.45) is 0. The molecule has 0 aliphatic carbocycles. The van der Waals surface area contributed by atoms with E-state index in [1.165, 1.54) is 0 Å². The summed E-state index contributed by atoms with van der Waals surface area (Å²) in [7, 11) is -3.62. The van der Waals surface area contributed by atoms with Crippen LogP contribution in [0.5, 0.6) is 0 Å². The molecule has 5 nitrogen and oxygen atoms in total. The molecule has 25 heavy (non-hydrogen) atoms. The monoisotopic (exact) mass is 376 g/mol. The zero-order chi connectivity index (χ0) is 18.0. The molecule has 1 aromatic heterocycles. The lowest BCUT2D eigenvalue weighted by Gasteiger charge is -2.09. The van der Waals surface area contributed by atoms with Crippen molar-refractivity contribution in [3.05, 3.63) is 80.6 Å². The van der Waals surface area contributed by atoms with Crippen molar-refractivity contribution in [2.24, 2.45) is 0 Å². The zero-order valence-electron chi connectivity index (χ0n) is 13.5. The minimum atomic E-state index is -3.62. The molecule has 0 amide bonds. The first kappa shape index (κ1) is 17.7. The molecule has 0 radical (unpaired) electrons. The van der Waals surface area contributed by atoms with Crippen LogP contribution in [0.4, 0.5) is 0 Å². The number of halogens is 1. The summed E-state index contributed by atoms with van der Waals surface area (Å²) >= 11 is 6.01. The van der Waals surface area contributed by atoms with Gasteiger partial charge in [0.15, 0.2) is 0 Å². The summed E-state index contributed by atoms with van der Waals surface area (Å²) in [5, 5.41) is 1.26. The van der Waals surface area contributed by atoms with Crippen molar-refractivity contribution < 1.29 is 8.42 Å². The van der Waals surface area contributed by atoms with E-state index in [4.69, 9.17) is 11.6 Å². The lowest BCUT2D eigenvalue weighted by atomic mass is 10.1. The number of benzene rings is 2. The Kier molecular flexibility index (Phi) is 4.94. The molecule has 7 heteroatoms. The lowest BCUT2D eigenvalue weighted by Crippen LogP contribution is -2.28. The van der Waals surface area contributed by atoms with Crippen LogP contribution in [0.2, 0.25) is 5.02 Å². The number of sulfonamides is 1. The number of aromatic nitrogens is 1. The van der Waals surface area contributed by atoms with Gasteiger partial charge in [-0.3, -0.25) is 4.79 Å². The smallest absolute Gasteiger partial charge is 0.252 e. The Morgan fingerprint density at radius 1 is 1.08 bits per heavy atom. The fourth-order valence-corrected chi connectivity index (χ4v) is 3.98. The molecule has 2 aromatic carbocycles. The van der Waals surface area contributed by atoms with Crippen LogP contribution in [-0.2, 0) is 22.3 Å². The van der Waals surface area contributed by atoms with Gasteiger partial charge in [0.25, 0.3) is 5.56 Å². The number of pyridine rings is 1. The first-order chi connectivity index (χ1) is 11.8. The average molecular weight is 377 g/mol. The maximum absolute atomic E-state index is 12.3. The summed E-state index contributed by atoms with van der Waals surface area (Å²) in [5.41, 5.74) is 2.35. The third-order valence-electron chi connectivity index (χ3n) is 3.86. The largest absolute Gasteiger partial charge is 0.322 e. The minimum absolute atomic E-state index is 0.0774. The van der Waals surface area contributed by atoms with Gasteiger partial charge < -0.3 is 4.98 Å². The fraction of sp³-hybridized carbons (Fsp3) is 0.167. The number of aromatic amines is 1. The van der Waals surface area contributed by atoms with Crippen LogP contribution in [0.15, 0.2) is 53.3 Å². The summed E-state index contributed by atoms with van der Waals surface area (Å²) in [5.74, 6) is -0.239. The molecule has 2 N–H and O–H groups in total. The van der Waals surface area contributed by atoms with E-state index in [9.17, 15) is 13.2 Å². The van der Waals surface area contributed by atoms with Crippen LogP contribution in [0.3, 0.4) is 0 Å². The molecule has 0 atom stereocenters. The molecule has 1 heterocycles. The lowest BCUT2D eigenvalue weighted by molar-refractivity contribution is 0.580. The van der Waals surface area contributed by atoms with E-state index in [1.807, 2.05) is 25.1 Å². The molecule has 0 spiro atoms. The Morgan fingerprint density at radius 2 is 1.84 bits per heavy atom. The van der Waals surface area contributed by atoms with Gasteiger partial charge in [0.2, 0.25) is 10.0 Å². The van der Waals surface area contributed by atoms with Crippen molar-refractivity contribution in [1.29, 1.82) is 0 Å². The molecule has 0 bridgehead atoms. The first-order valence-corrected chi connectivity index (χ1v) is 9.70. The number of hydrogen-bond donors (Lipinski definition) is 2. The van der Waals surface area contributed by atoms with E-state index in [1.54, 1.807) is 30.3 Å². The molecule has 0 aliphatic rings. The van der Waals surface area contributed by atoms with Crippen LogP contribution in [0.25, 0.3) is 10.9 Å². The van der Waals surface area contributed by atoms with Crippen molar-refractivity contribution in [3.8, 4) is 0 Å². The highest BCUT2D eigenvalue weighted by atomic mass is 35.5. The molecule has 0 unspecified atom stereocenters. The molecule has 0 aliphatic heterocycles. The fourth-order valence-electron chi connectivity index (χ4n) is 2.56. The van der Waals surface area contributed by atoms with Crippen molar-refractivity contribution in [2.45, 2.75) is 19.2 Å². The molecule has 0 saturated heterocycles. The Balaban J connectivity index is 1.81. The summed E-state index contributed by atoms with van der Waals surface area (Å²) in [4.78, 5) is 14.9. The Labute approximate surface area is 150 Å². The number of nitrogens with one attached hydrogen (secondary N) is 2. The van der Waals surface area contributed by atoms with Crippen molar-refractivity contribution in [2.75, 3.05) is 0 Å². The minimum Gasteiger partial charge on any atom is -0.322 e. The van der Waals surface area contributed by atoms with Gasteiger partial charge in [0, 0.05) is 22.6 Å². The second kappa shape index (κ2) is 7.00. The predicted molar refractivity (Wildman–Crippen MR) is 100 cm³/mol. The van der Waals surface area contributed by atoms with E-state index in [2.05, 4.69) is 9.71 Å². The van der Waals surface area contributed by atoms with Gasteiger partial charge in [-0.1, -0.05) is 41.4 Å². The predicted octanol–water partition coefficient (Wildman–Crippen LogP) is 3.11. The highest BCUT2D eigenvalue weighted by molar-refractivity contribution is 7.88. The Bertz CT molecular complexity index is 1090. The summed E-state index contributed by atoms with van der Waals surface area (Å²) < 4.78 is 27.0. The second-order valence-corrected chi connectivity index (χ2v) is 8.10. The van der Waals surface area contributed by atoms with E-state index in [0.29, 0.717) is 16.1 Å². The average Bonchev–Trinajstić information content (AvgIpc) is 2.55. The van der Waals surface area contributed by atoms with E-state index >= 15 is 0 Å². The van der Waals surface area contributed by atoms with Gasteiger partial charge in [-0.2, -0.15) is 0 Å². The van der Waals surface area contributed by atoms with E-state index < -0.39 is 10.0 Å². The van der Waals surface area contributed by atoms with Gasteiger partial charge in [0.1, 0.15) is 0 Å². The van der Waals surface area contributed by atoms with Crippen LogP contribution in [-0.4, -0.2) is 13.4 Å². The third-order valence-corrected chi connectivity index (χ3v) is 5.51. The quantitative estimate of drug-likeness (QED) is 0.718. The van der Waals surface area contributed by atoms with E-state index in [-0.39, 0.29) is 17.9 Å². The standard InChI is InChI=1S/C18H17ClN2O3S/c1-12-6-7-17-14(8-12)9-15(18(22)21-17)10-20-25(23,24)11-13-4-2-3-5-16(13)19/h2-9,20H,10-11H2,1H3,(H,21,22). The van der Waals surface area contributed by atoms with Gasteiger partial charge in [0.05, 0.1) is 5.75 Å². The van der Waals surface area contributed by atoms with Gasteiger partial charge >= 0.3 is 0 Å². The topological polar surface area (TPSA) is 79.0 Å². The van der Waals surface area contributed by atoms with Crippen LogP contribution in [0, 0.1) is 6.92 Å². The van der Waals surface area contributed by atoms with Gasteiger partial charge in [-0.25, -0.2) is 13.1 Å². The molecule has 3 aromatic rings. The maximum Gasteiger partial charge on any atom is 0.252 e. The number of fused-ring (bicyclic) bond motifs is 1. The van der Waals surface area contributed by atoms with Crippen molar-refractivity contribution in [3.63, 3.8) is 0 Å². The zero-order valence-corrected chi connectivity index (χ0v) is 15.1. The van der Waals surface area contributed by atoms with Crippen molar-refractivity contribution >= 4 is 32.5 Å². The van der Waals surface area contributed by atoms with Crippen LogP contribution in [0.1, 0.15) is 16.7 Å². The highest BCUT2D eigenvalue weighted by Crippen LogP contribution is 2.17. The van der Waals surface area contributed by atoms with Gasteiger partial charge in [-0.15, -0.1) is 0 Å². The SMILES string of the molecule is Cc1ccc2[nH]c(=O)c(CNS(=O)(=O)Cc3ccccc3Cl)cc2c1. The molecule has 130 valence electrons. The van der Waals surface area contributed by atoms with Crippen molar-refractivity contribution in [1.82, 2.24) is 9.71 Å². The number of hydrogen-bond acceptors (Lipinski definition) is 3. The van der Waals surface area contributed by atoms with E-state index in [0.717, 1.165) is 16.5 Å². The maximum atomic E-state index is 12.3. The molecule has 0 fully saturated rings. The number of rotatable bonds is 5. The summed E-state index contributed by atoms with van der Waals surface area (Å²) in [6, 6.07) is 14.2. The Morgan fingerprint density at radius 3 is 2.60 bits per heavy atom. The first-order valence-electron chi connectivity index (χ1n) is 7.67. The molecular weight excluding hydrogens is 360 g/mol. The summed E-state index contributed by atoms with van der Waals surface area (Å²) in [6.45, 7) is 1.88.